The highest BCUT2D eigenvalue weighted by Crippen LogP contribution is 2.31. The van der Waals surface area contributed by atoms with E-state index in [-0.39, 0.29) is 5.69 Å². The van der Waals surface area contributed by atoms with Gasteiger partial charge in [0.2, 0.25) is 0 Å². The van der Waals surface area contributed by atoms with Crippen LogP contribution in [0.2, 0.25) is 0 Å². The predicted octanol–water partition coefficient (Wildman–Crippen LogP) is 3.34. The summed E-state index contributed by atoms with van der Waals surface area (Å²) in [4.78, 5) is 15.4. The van der Waals surface area contributed by atoms with Crippen LogP contribution in [0.3, 0.4) is 0 Å². The van der Waals surface area contributed by atoms with Crippen molar-refractivity contribution < 1.29 is 13.9 Å². The monoisotopic (exact) mass is 301 g/mol. The molecule has 0 saturated carbocycles. The fraction of sp³-hybridized carbons (Fsp3) is 0.200. The molecule has 0 aromatic carbocycles. The molecule has 0 unspecified atom stereocenters. The SMILES string of the molecule is CCOC(=O)c1ncoc1-c1csc(Br)c1. The molecule has 0 saturated heterocycles. The molecule has 0 aliphatic rings. The molecule has 4 nitrogen and oxygen atoms in total. The molecule has 0 spiro atoms. The topological polar surface area (TPSA) is 52.3 Å². The maximum atomic E-state index is 11.6. The number of aromatic nitrogens is 1. The van der Waals surface area contributed by atoms with E-state index in [0.29, 0.717) is 12.4 Å². The summed E-state index contributed by atoms with van der Waals surface area (Å²) < 4.78 is 11.1. The summed E-state index contributed by atoms with van der Waals surface area (Å²) >= 11 is 4.86. The first kappa shape index (κ1) is 11.3. The molecule has 0 aliphatic heterocycles. The summed E-state index contributed by atoms with van der Waals surface area (Å²) in [6, 6.07) is 1.87. The van der Waals surface area contributed by atoms with Gasteiger partial charge in [-0.15, -0.1) is 11.3 Å². The third-order valence-corrected chi connectivity index (χ3v) is 3.37. The Morgan fingerprint density at radius 3 is 3.12 bits per heavy atom. The van der Waals surface area contributed by atoms with E-state index in [1.54, 1.807) is 6.92 Å². The number of carbonyl (C=O) groups is 1. The summed E-state index contributed by atoms with van der Waals surface area (Å²) in [6.45, 7) is 2.07. The number of halogens is 1. The van der Waals surface area contributed by atoms with Gasteiger partial charge in [-0.1, -0.05) is 0 Å². The molecule has 0 aliphatic carbocycles. The molecule has 0 atom stereocenters. The molecule has 0 fully saturated rings. The predicted molar refractivity (Wildman–Crippen MR) is 63.5 cm³/mol. The molecular formula is C10H8BrNO3S. The fourth-order valence-corrected chi connectivity index (χ4v) is 2.36. The average Bonchev–Trinajstić information content (AvgIpc) is 2.85. The number of nitrogens with zero attached hydrogens (tertiary/aromatic N) is 1. The molecule has 16 heavy (non-hydrogen) atoms. The minimum Gasteiger partial charge on any atom is -0.461 e. The smallest absolute Gasteiger partial charge is 0.360 e. The quantitative estimate of drug-likeness (QED) is 0.816. The van der Waals surface area contributed by atoms with Gasteiger partial charge in [-0.2, -0.15) is 0 Å². The minimum absolute atomic E-state index is 0.215. The lowest BCUT2D eigenvalue weighted by molar-refractivity contribution is 0.0520. The second-order valence-corrected chi connectivity index (χ2v) is 5.18. The second-order valence-electron chi connectivity index (χ2n) is 2.89. The molecule has 0 amide bonds. The van der Waals surface area contributed by atoms with Crippen LogP contribution in [0.25, 0.3) is 11.3 Å². The van der Waals surface area contributed by atoms with Gasteiger partial charge in [-0.3, -0.25) is 0 Å². The number of oxazole rings is 1. The van der Waals surface area contributed by atoms with E-state index in [0.717, 1.165) is 9.35 Å². The number of thiophene rings is 1. The maximum absolute atomic E-state index is 11.6. The third kappa shape index (κ3) is 2.17. The highest BCUT2D eigenvalue weighted by atomic mass is 79.9. The lowest BCUT2D eigenvalue weighted by atomic mass is 10.2. The van der Waals surface area contributed by atoms with E-state index in [2.05, 4.69) is 20.9 Å². The van der Waals surface area contributed by atoms with Crippen molar-refractivity contribution in [2.24, 2.45) is 0 Å². The van der Waals surface area contributed by atoms with Crippen molar-refractivity contribution in [3.63, 3.8) is 0 Å². The molecule has 2 rings (SSSR count). The van der Waals surface area contributed by atoms with Crippen molar-refractivity contribution in [1.29, 1.82) is 0 Å². The number of carbonyl (C=O) groups excluding carboxylic acids is 1. The summed E-state index contributed by atoms with van der Waals surface area (Å²) in [6.07, 6.45) is 1.24. The van der Waals surface area contributed by atoms with Crippen molar-refractivity contribution in [3.8, 4) is 11.3 Å². The molecule has 0 bridgehead atoms. The summed E-state index contributed by atoms with van der Waals surface area (Å²) in [5.41, 5.74) is 1.03. The zero-order chi connectivity index (χ0) is 11.5. The standard InChI is InChI=1S/C10H8BrNO3S/c1-2-14-10(13)8-9(15-5-12-8)6-3-7(11)16-4-6/h3-5H,2H2,1H3. The molecular weight excluding hydrogens is 294 g/mol. The number of hydrogen-bond donors (Lipinski definition) is 0. The van der Waals surface area contributed by atoms with Crippen LogP contribution in [0, 0.1) is 0 Å². The Bertz CT molecular complexity index is 506. The largest absolute Gasteiger partial charge is 0.461 e. The zero-order valence-corrected chi connectivity index (χ0v) is 10.8. The highest BCUT2D eigenvalue weighted by molar-refractivity contribution is 9.11. The van der Waals surface area contributed by atoms with Gasteiger partial charge in [0.25, 0.3) is 0 Å². The van der Waals surface area contributed by atoms with Gasteiger partial charge in [0.05, 0.1) is 10.4 Å². The van der Waals surface area contributed by atoms with Crippen molar-refractivity contribution >= 4 is 33.2 Å². The van der Waals surface area contributed by atoms with E-state index in [9.17, 15) is 4.79 Å². The highest BCUT2D eigenvalue weighted by Gasteiger charge is 2.19. The van der Waals surface area contributed by atoms with Gasteiger partial charge in [0.1, 0.15) is 0 Å². The molecule has 84 valence electrons. The second kappa shape index (κ2) is 4.80. The molecule has 6 heteroatoms. The first-order valence-electron chi connectivity index (χ1n) is 4.57. The first-order valence-corrected chi connectivity index (χ1v) is 6.24. The van der Waals surface area contributed by atoms with Crippen molar-refractivity contribution in [2.45, 2.75) is 6.92 Å². The van der Waals surface area contributed by atoms with Crippen molar-refractivity contribution in [2.75, 3.05) is 6.61 Å². The molecule has 0 radical (unpaired) electrons. The van der Waals surface area contributed by atoms with Crippen LogP contribution >= 0.6 is 27.3 Å². The molecule has 0 N–H and O–H groups in total. The van der Waals surface area contributed by atoms with Crippen LogP contribution in [0.4, 0.5) is 0 Å². The lowest BCUT2D eigenvalue weighted by Gasteiger charge is -1.98. The van der Waals surface area contributed by atoms with Gasteiger partial charge in [0, 0.05) is 10.9 Å². The zero-order valence-electron chi connectivity index (χ0n) is 8.40. The van der Waals surface area contributed by atoms with E-state index >= 15 is 0 Å². The minimum atomic E-state index is -0.464. The van der Waals surface area contributed by atoms with Crippen LogP contribution in [0.5, 0.6) is 0 Å². The Hall–Kier alpha value is -1.14. The number of esters is 1. The van der Waals surface area contributed by atoms with Crippen LogP contribution in [0.15, 0.2) is 26.0 Å². The third-order valence-electron chi connectivity index (χ3n) is 1.87. The normalized spacial score (nSPS) is 10.4. The first-order chi connectivity index (χ1) is 7.72. The average molecular weight is 302 g/mol. The lowest BCUT2D eigenvalue weighted by Crippen LogP contribution is -2.06. The number of hydrogen-bond acceptors (Lipinski definition) is 5. The van der Waals surface area contributed by atoms with Gasteiger partial charge in [-0.05, 0) is 28.9 Å². The van der Waals surface area contributed by atoms with Crippen molar-refractivity contribution in [3.05, 3.63) is 27.3 Å². The van der Waals surface area contributed by atoms with Gasteiger partial charge in [0.15, 0.2) is 17.8 Å². The van der Waals surface area contributed by atoms with Crippen LogP contribution in [-0.2, 0) is 4.74 Å². The molecule has 2 heterocycles. The number of ether oxygens (including phenoxy) is 1. The summed E-state index contributed by atoms with van der Waals surface area (Å²) in [5, 5.41) is 1.88. The van der Waals surface area contributed by atoms with Crippen LogP contribution in [0.1, 0.15) is 17.4 Å². The fourth-order valence-electron chi connectivity index (χ4n) is 1.22. The molecule has 2 aromatic rings. The van der Waals surface area contributed by atoms with E-state index in [1.165, 1.54) is 17.7 Å². The maximum Gasteiger partial charge on any atom is 0.360 e. The van der Waals surface area contributed by atoms with Crippen LogP contribution < -0.4 is 0 Å². The Morgan fingerprint density at radius 1 is 1.69 bits per heavy atom. The Balaban J connectivity index is 2.36. The van der Waals surface area contributed by atoms with E-state index < -0.39 is 5.97 Å². The van der Waals surface area contributed by atoms with Gasteiger partial charge in [-0.25, -0.2) is 9.78 Å². The Kier molecular flexibility index (Phi) is 3.40. The summed E-state index contributed by atoms with van der Waals surface area (Å²) in [5.74, 6) is -0.0195. The Labute approximate surface area is 104 Å². The van der Waals surface area contributed by atoms with Crippen molar-refractivity contribution in [1.82, 2.24) is 4.98 Å². The Morgan fingerprint density at radius 2 is 2.50 bits per heavy atom. The molecule has 2 aromatic heterocycles. The van der Waals surface area contributed by atoms with Crippen LogP contribution in [-0.4, -0.2) is 17.6 Å². The van der Waals surface area contributed by atoms with Gasteiger partial charge >= 0.3 is 5.97 Å². The van der Waals surface area contributed by atoms with E-state index in [4.69, 9.17) is 9.15 Å². The number of rotatable bonds is 3. The van der Waals surface area contributed by atoms with E-state index in [1.807, 2.05) is 11.4 Å². The summed E-state index contributed by atoms with van der Waals surface area (Å²) in [7, 11) is 0. The van der Waals surface area contributed by atoms with Gasteiger partial charge < -0.3 is 9.15 Å².